The molecule has 0 bridgehead atoms. The van der Waals surface area contributed by atoms with Crippen molar-refractivity contribution in [3.8, 4) is 5.69 Å². The highest BCUT2D eigenvalue weighted by Gasteiger charge is 2.13. The number of carbonyl (C=O) groups excluding carboxylic acids is 1. The summed E-state index contributed by atoms with van der Waals surface area (Å²) >= 11 is 0. The normalized spacial score (nSPS) is 10.0. The molecule has 5 heteroatoms. The van der Waals surface area contributed by atoms with E-state index >= 15 is 0 Å². The Morgan fingerprint density at radius 2 is 1.94 bits per heavy atom. The van der Waals surface area contributed by atoms with Gasteiger partial charge in [0.1, 0.15) is 0 Å². The van der Waals surface area contributed by atoms with Crippen LogP contribution >= 0.6 is 0 Å². The van der Waals surface area contributed by atoms with Gasteiger partial charge in [-0.1, -0.05) is 18.2 Å². The van der Waals surface area contributed by atoms with Gasteiger partial charge in [0.05, 0.1) is 16.8 Å². The maximum atomic E-state index is 10.8. The minimum Gasteiger partial charge on any atom is -0.307 e. The van der Waals surface area contributed by atoms with E-state index in [1.807, 2.05) is 6.07 Å². The molecule has 0 saturated heterocycles. The van der Waals surface area contributed by atoms with Crippen molar-refractivity contribution < 1.29 is 9.72 Å². The Morgan fingerprint density at radius 1 is 1.25 bits per heavy atom. The molecule has 0 aliphatic rings. The zero-order valence-corrected chi connectivity index (χ0v) is 8.24. The van der Waals surface area contributed by atoms with Gasteiger partial charge in [0, 0.05) is 11.8 Å². The number of aldehydes is 1. The predicted octanol–water partition coefficient (Wildman–Crippen LogP) is 2.20. The van der Waals surface area contributed by atoms with Gasteiger partial charge in [-0.25, -0.2) is 0 Å². The summed E-state index contributed by atoms with van der Waals surface area (Å²) in [6, 6.07) is 10.2. The van der Waals surface area contributed by atoms with Crippen LogP contribution in [0, 0.1) is 10.1 Å². The Morgan fingerprint density at radius 3 is 2.50 bits per heavy atom. The fourth-order valence-corrected chi connectivity index (χ4v) is 1.47. The van der Waals surface area contributed by atoms with Gasteiger partial charge < -0.3 is 4.57 Å². The van der Waals surface area contributed by atoms with Gasteiger partial charge in [-0.3, -0.25) is 14.9 Å². The largest absolute Gasteiger partial charge is 0.307 e. The summed E-state index contributed by atoms with van der Waals surface area (Å²) in [6.45, 7) is 0. The Bertz CT molecular complexity index is 531. The maximum Gasteiger partial charge on any atom is 0.288 e. The summed E-state index contributed by atoms with van der Waals surface area (Å²) in [5, 5.41) is 10.6. The summed E-state index contributed by atoms with van der Waals surface area (Å²) in [5.41, 5.74) is 0.890. The fraction of sp³-hybridized carbons (Fsp3) is 0. The lowest BCUT2D eigenvalue weighted by atomic mass is 10.3. The van der Waals surface area contributed by atoms with Crippen LogP contribution in [0.5, 0.6) is 0 Å². The molecule has 1 aromatic heterocycles. The monoisotopic (exact) mass is 216 g/mol. The third-order valence-electron chi connectivity index (χ3n) is 2.20. The molecule has 16 heavy (non-hydrogen) atoms. The quantitative estimate of drug-likeness (QED) is 0.448. The first-order valence-corrected chi connectivity index (χ1v) is 4.60. The number of carbonyl (C=O) groups is 1. The summed E-state index contributed by atoms with van der Waals surface area (Å²) in [4.78, 5) is 20.9. The summed E-state index contributed by atoms with van der Waals surface area (Å²) < 4.78 is 1.49. The van der Waals surface area contributed by atoms with Crippen molar-refractivity contribution in [2.75, 3.05) is 0 Å². The van der Waals surface area contributed by atoms with Crippen LogP contribution in [0.1, 0.15) is 10.5 Å². The summed E-state index contributed by atoms with van der Waals surface area (Å²) in [6.07, 6.45) is 1.93. The number of aromatic nitrogens is 1. The van der Waals surface area contributed by atoms with Gasteiger partial charge >= 0.3 is 0 Å². The fourth-order valence-electron chi connectivity index (χ4n) is 1.47. The van der Waals surface area contributed by atoms with E-state index in [1.165, 1.54) is 16.8 Å². The minimum atomic E-state index is -0.521. The van der Waals surface area contributed by atoms with Crippen LogP contribution < -0.4 is 0 Å². The lowest BCUT2D eigenvalue weighted by molar-refractivity contribution is -0.384. The highest BCUT2D eigenvalue weighted by Crippen LogP contribution is 2.19. The molecule has 2 rings (SSSR count). The number of nitrogens with zero attached hydrogens (tertiary/aromatic N) is 2. The number of hydrogen-bond acceptors (Lipinski definition) is 3. The lowest BCUT2D eigenvalue weighted by Crippen LogP contribution is -1.96. The highest BCUT2D eigenvalue weighted by atomic mass is 16.6. The molecular weight excluding hydrogens is 208 g/mol. The van der Waals surface area contributed by atoms with Crippen molar-refractivity contribution in [2.24, 2.45) is 0 Å². The average Bonchev–Trinajstić information content (AvgIpc) is 2.74. The second kappa shape index (κ2) is 3.98. The van der Waals surface area contributed by atoms with E-state index in [0.29, 0.717) is 6.29 Å². The van der Waals surface area contributed by atoms with Gasteiger partial charge in [-0.05, 0) is 12.1 Å². The molecule has 0 amide bonds. The first-order valence-electron chi connectivity index (χ1n) is 4.60. The molecule has 5 nitrogen and oxygen atoms in total. The van der Waals surface area contributed by atoms with Crippen LogP contribution in [-0.2, 0) is 0 Å². The molecule has 1 heterocycles. The summed E-state index contributed by atoms with van der Waals surface area (Å²) in [5.74, 6) is 0. The number of benzene rings is 1. The van der Waals surface area contributed by atoms with Crippen molar-refractivity contribution in [3.63, 3.8) is 0 Å². The lowest BCUT2D eigenvalue weighted by Gasteiger charge is -2.02. The Hall–Kier alpha value is -2.43. The molecule has 0 N–H and O–H groups in total. The van der Waals surface area contributed by atoms with Gasteiger partial charge in [0.2, 0.25) is 0 Å². The number of nitro groups is 1. The molecule has 0 aliphatic carbocycles. The van der Waals surface area contributed by atoms with Crippen LogP contribution in [0.25, 0.3) is 5.69 Å². The van der Waals surface area contributed by atoms with Crippen molar-refractivity contribution >= 4 is 12.0 Å². The zero-order chi connectivity index (χ0) is 11.5. The highest BCUT2D eigenvalue weighted by molar-refractivity contribution is 5.75. The maximum absolute atomic E-state index is 10.8. The van der Waals surface area contributed by atoms with E-state index in [4.69, 9.17) is 0 Å². The van der Waals surface area contributed by atoms with Crippen LogP contribution in [0.2, 0.25) is 0 Å². The SMILES string of the molecule is O=Cc1cc([N+](=O)[O-])cn1-c1ccccc1. The van der Waals surface area contributed by atoms with Crippen molar-refractivity contribution in [3.05, 3.63) is 58.4 Å². The molecule has 0 unspecified atom stereocenters. The van der Waals surface area contributed by atoms with Crippen molar-refractivity contribution in [1.82, 2.24) is 4.57 Å². The molecule has 0 saturated carbocycles. The number of hydrogen-bond donors (Lipinski definition) is 0. The zero-order valence-electron chi connectivity index (χ0n) is 8.24. The number of para-hydroxylation sites is 1. The second-order valence-electron chi connectivity index (χ2n) is 3.20. The second-order valence-corrected chi connectivity index (χ2v) is 3.20. The van der Waals surface area contributed by atoms with E-state index in [-0.39, 0.29) is 11.4 Å². The molecule has 0 fully saturated rings. The Labute approximate surface area is 91.1 Å². The van der Waals surface area contributed by atoms with Gasteiger partial charge in [-0.15, -0.1) is 0 Å². The molecular formula is C11H8N2O3. The van der Waals surface area contributed by atoms with Crippen LogP contribution in [0.3, 0.4) is 0 Å². The summed E-state index contributed by atoms with van der Waals surface area (Å²) in [7, 11) is 0. The molecule has 0 radical (unpaired) electrons. The first-order chi connectivity index (χ1) is 7.72. The standard InChI is InChI=1S/C11H8N2O3/c14-8-11-6-10(13(15)16)7-12(11)9-4-2-1-3-5-9/h1-8H. The molecule has 80 valence electrons. The van der Waals surface area contributed by atoms with E-state index < -0.39 is 4.92 Å². The van der Waals surface area contributed by atoms with Crippen LogP contribution in [-0.4, -0.2) is 15.8 Å². The molecule has 0 aliphatic heterocycles. The van der Waals surface area contributed by atoms with E-state index in [1.54, 1.807) is 24.3 Å². The average molecular weight is 216 g/mol. The van der Waals surface area contributed by atoms with Crippen molar-refractivity contribution in [1.29, 1.82) is 0 Å². The van der Waals surface area contributed by atoms with Crippen LogP contribution in [0.15, 0.2) is 42.6 Å². The Balaban J connectivity index is 2.56. The Kier molecular flexibility index (Phi) is 2.51. The van der Waals surface area contributed by atoms with E-state index in [9.17, 15) is 14.9 Å². The topological polar surface area (TPSA) is 65.1 Å². The van der Waals surface area contributed by atoms with Gasteiger partial charge in [0.25, 0.3) is 5.69 Å². The third-order valence-corrected chi connectivity index (χ3v) is 2.20. The molecule has 0 spiro atoms. The van der Waals surface area contributed by atoms with Gasteiger partial charge in [0.15, 0.2) is 6.29 Å². The molecule has 0 atom stereocenters. The van der Waals surface area contributed by atoms with E-state index in [0.717, 1.165) is 5.69 Å². The predicted molar refractivity (Wildman–Crippen MR) is 57.8 cm³/mol. The minimum absolute atomic E-state index is 0.0917. The van der Waals surface area contributed by atoms with Gasteiger partial charge in [-0.2, -0.15) is 0 Å². The molecule has 1 aromatic carbocycles. The smallest absolute Gasteiger partial charge is 0.288 e. The molecule has 2 aromatic rings. The number of rotatable bonds is 3. The van der Waals surface area contributed by atoms with E-state index in [2.05, 4.69) is 0 Å². The van der Waals surface area contributed by atoms with Crippen molar-refractivity contribution in [2.45, 2.75) is 0 Å². The van der Waals surface area contributed by atoms with Crippen LogP contribution in [0.4, 0.5) is 5.69 Å². The first kappa shape index (κ1) is 10.1. The third kappa shape index (κ3) is 1.70.